The summed E-state index contributed by atoms with van der Waals surface area (Å²) >= 11 is 0. The van der Waals surface area contributed by atoms with E-state index in [-0.39, 0.29) is 23.7 Å². The first kappa shape index (κ1) is 20.3. The van der Waals surface area contributed by atoms with Gasteiger partial charge in [0.05, 0.1) is 12.7 Å². The van der Waals surface area contributed by atoms with Crippen LogP contribution in [0.1, 0.15) is 38.8 Å². The monoisotopic (exact) mass is 389 g/mol. The van der Waals surface area contributed by atoms with E-state index in [4.69, 9.17) is 9.15 Å². The largest absolute Gasteiger partial charge is 0.484 e. The summed E-state index contributed by atoms with van der Waals surface area (Å²) in [5.74, 6) is 1.70. The number of rotatable bonds is 5. The first-order valence-electron chi connectivity index (χ1n) is 9.65. The zero-order valence-electron chi connectivity index (χ0n) is 16.8. The van der Waals surface area contributed by atoms with Gasteiger partial charge in [0.2, 0.25) is 5.89 Å². The van der Waals surface area contributed by atoms with Crippen LogP contribution in [0.2, 0.25) is 0 Å². The molecule has 0 bridgehead atoms. The van der Waals surface area contributed by atoms with Gasteiger partial charge in [-0.15, -0.1) is 0 Å². The number of hydrogen-bond donors (Lipinski definition) is 0. The fourth-order valence-corrected chi connectivity index (χ4v) is 3.07. The van der Waals surface area contributed by atoms with E-state index in [9.17, 15) is 9.18 Å². The summed E-state index contributed by atoms with van der Waals surface area (Å²) in [5, 5.41) is 0. The van der Waals surface area contributed by atoms with Crippen molar-refractivity contribution in [1.82, 2.24) is 14.8 Å². The molecule has 0 aliphatic carbocycles. The number of hydrogen-bond acceptors (Lipinski definition) is 5. The van der Waals surface area contributed by atoms with E-state index < -0.39 is 0 Å². The third-order valence-electron chi connectivity index (χ3n) is 4.77. The van der Waals surface area contributed by atoms with E-state index >= 15 is 0 Å². The lowest BCUT2D eigenvalue weighted by molar-refractivity contribution is -0.133. The van der Waals surface area contributed by atoms with Gasteiger partial charge in [0, 0.05) is 31.6 Å². The minimum absolute atomic E-state index is 0.0414. The van der Waals surface area contributed by atoms with Crippen LogP contribution in [0, 0.1) is 5.82 Å². The van der Waals surface area contributed by atoms with Crippen molar-refractivity contribution in [2.45, 2.75) is 39.2 Å². The number of carbonyl (C=O) groups is 1. The summed E-state index contributed by atoms with van der Waals surface area (Å²) in [4.78, 5) is 20.9. The molecule has 1 aliphatic rings. The topological polar surface area (TPSA) is 58.8 Å². The molecule has 3 rings (SSSR count). The van der Waals surface area contributed by atoms with Crippen LogP contribution in [0.25, 0.3) is 0 Å². The first-order chi connectivity index (χ1) is 13.3. The summed E-state index contributed by atoms with van der Waals surface area (Å²) in [5.41, 5.74) is -0.0578. The molecule has 6 nitrogen and oxygen atoms in total. The smallest absolute Gasteiger partial charge is 0.260 e. The molecule has 1 aromatic carbocycles. The van der Waals surface area contributed by atoms with Gasteiger partial charge in [-0.3, -0.25) is 9.69 Å². The van der Waals surface area contributed by atoms with Crippen LogP contribution in [-0.2, 0) is 16.8 Å². The molecule has 0 saturated carbocycles. The maximum atomic E-state index is 12.9. The zero-order chi connectivity index (χ0) is 20.1. The Morgan fingerprint density at radius 1 is 1.18 bits per heavy atom. The Labute approximate surface area is 165 Å². The van der Waals surface area contributed by atoms with Gasteiger partial charge in [-0.05, 0) is 30.7 Å². The van der Waals surface area contributed by atoms with Gasteiger partial charge >= 0.3 is 0 Å². The second-order valence-corrected chi connectivity index (χ2v) is 8.12. The van der Waals surface area contributed by atoms with Crippen LogP contribution in [0.3, 0.4) is 0 Å². The summed E-state index contributed by atoms with van der Waals surface area (Å²) in [6.45, 7) is 9.87. The van der Waals surface area contributed by atoms with Crippen molar-refractivity contribution in [3.63, 3.8) is 0 Å². The van der Waals surface area contributed by atoms with Crippen LogP contribution in [-0.4, -0.2) is 53.5 Å². The molecule has 0 radical (unpaired) electrons. The number of aromatic nitrogens is 1. The molecule has 1 aromatic heterocycles. The van der Waals surface area contributed by atoms with Crippen molar-refractivity contribution >= 4 is 5.91 Å². The van der Waals surface area contributed by atoms with Crippen molar-refractivity contribution in [3.05, 3.63) is 47.9 Å². The molecule has 1 fully saturated rings. The summed E-state index contributed by atoms with van der Waals surface area (Å²) < 4.78 is 24.3. The average molecular weight is 389 g/mol. The van der Waals surface area contributed by atoms with E-state index in [0.29, 0.717) is 31.3 Å². The number of oxazole rings is 1. The van der Waals surface area contributed by atoms with Crippen molar-refractivity contribution in [2.24, 2.45) is 0 Å². The highest BCUT2D eigenvalue weighted by molar-refractivity contribution is 5.77. The van der Waals surface area contributed by atoms with Crippen LogP contribution < -0.4 is 4.74 Å². The number of amides is 1. The number of halogens is 1. The van der Waals surface area contributed by atoms with E-state index in [1.54, 1.807) is 6.20 Å². The molecule has 0 atom stereocenters. The molecule has 2 aromatic rings. The van der Waals surface area contributed by atoms with Gasteiger partial charge < -0.3 is 14.1 Å². The molecular formula is C21H28FN3O3. The number of benzene rings is 1. The van der Waals surface area contributed by atoms with Gasteiger partial charge in [-0.2, -0.15) is 0 Å². The van der Waals surface area contributed by atoms with Crippen molar-refractivity contribution in [3.8, 4) is 5.75 Å². The van der Waals surface area contributed by atoms with Crippen LogP contribution in [0.15, 0.2) is 34.9 Å². The summed E-state index contributed by atoms with van der Waals surface area (Å²) in [6.07, 6.45) is 2.69. The van der Waals surface area contributed by atoms with Gasteiger partial charge in [-0.1, -0.05) is 20.8 Å². The molecule has 1 amide bonds. The molecule has 1 aliphatic heterocycles. The fraction of sp³-hybridized carbons (Fsp3) is 0.524. The minimum Gasteiger partial charge on any atom is -0.484 e. The lowest BCUT2D eigenvalue weighted by atomic mass is 9.94. The van der Waals surface area contributed by atoms with Gasteiger partial charge in [0.1, 0.15) is 17.3 Å². The highest BCUT2D eigenvalue weighted by Crippen LogP contribution is 2.23. The standard InChI is InChI=1S/C21H28FN3O3/c1-21(2,3)18-13-23-19(28-18)14-24-9-4-10-25(12-11-24)20(26)15-27-17-7-5-16(22)6-8-17/h5-8,13H,4,9-12,14-15H2,1-3H3. The Kier molecular flexibility index (Phi) is 6.34. The predicted octanol–water partition coefficient (Wildman–Crippen LogP) is 3.22. The number of carbonyl (C=O) groups excluding carboxylic acids is 1. The molecule has 0 unspecified atom stereocenters. The fourth-order valence-electron chi connectivity index (χ4n) is 3.07. The maximum Gasteiger partial charge on any atom is 0.260 e. The predicted molar refractivity (Wildman–Crippen MR) is 104 cm³/mol. The Morgan fingerprint density at radius 3 is 2.61 bits per heavy atom. The third kappa shape index (κ3) is 5.55. The lowest BCUT2D eigenvalue weighted by Gasteiger charge is -2.21. The Hall–Kier alpha value is -2.41. The quantitative estimate of drug-likeness (QED) is 0.786. The van der Waals surface area contributed by atoms with E-state index in [1.165, 1.54) is 24.3 Å². The highest BCUT2D eigenvalue weighted by Gasteiger charge is 2.23. The minimum atomic E-state index is -0.327. The van der Waals surface area contributed by atoms with Gasteiger partial charge in [-0.25, -0.2) is 9.37 Å². The summed E-state index contributed by atoms with van der Waals surface area (Å²) in [7, 11) is 0. The molecule has 2 heterocycles. The molecule has 0 spiro atoms. The molecule has 7 heteroatoms. The maximum absolute atomic E-state index is 12.9. The molecule has 0 N–H and O–H groups in total. The van der Waals surface area contributed by atoms with Gasteiger partial charge in [0.25, 0.3) is 5.91 Å². The third-order valence-corrected chi connectivity index (χ3v) is 4.77. The Bertz CT molecular complexity index is 783. The van der Waals surface area contributed by atoms with Crippen molar-refractivity contribution in [2.75, 3.05) is 32.8 Å². The first-order valence-corrected chi connectivity index (χ1v) is 9.65. The Balaban J connectivity index is 1.48. The normalized spacial score (nSPS) is 16.1. The van der Waals surface area contributed by atoms with Crippen molar-refractivity contribution in [1.29, 1.82) is 0 Å². The molecular weight excluding hydrogens is 361 g/mol. The number of nitrogens with zero attached hydrogens (tertiary/aromatic N) is 3. The lowest BCUT2D eigenvalue weighted by Crippen LogP contribution is -2.38. The molecule has 152 valence electrons. The highest BCUT2D eigenvalue weighted by atomic mass is 19.1. The second kappa shape index (κ2) is 8.73. The van der Waals surface area contributed by atoms with E-state index in [2.05, 4.69) is 30.7 Å². The van der Waals surface area contributed by atoms with E-state index in [1.807, 2.05) is 4.90 Å². The molecule has 1 saturated heterocycles. The number of ether oxygens (including phenoxy) is 1. The van der Waals surface area contributed by atoms with Crippen LogP contribution in [0.5, 0.6) is 5.75 Å². The van der Waals surface area contributed by atoms with Crippen molar-refractivity contribution < 1.29 is 18.3 Å². The molecule has 28 heavy (non-hydrogen) atoms. The summed E-state index contributed by atoms with van der Waals surface area (Å²) in [6, 6.07) is 5.68. The second-order valence-electron chi connectivity index (χ2n) is 8.12. The average Bonchev–Trinajstić information content (AvgIpc) is 3.00. The zero-order valence-corrected chi connectivity index (χ0v) is 16.8. The van der Waals surface area contributed by atoms with E-state index in [0.717, 1.165) is 25.3 Å². The van der Waals surface area contributed by atoms with Crippen LogP contribution >= 0.6 is 0 Å². The Morgan fingerprint density at radius 2 is 1.93 bits per heavy atom. The van der Waals surface area contributed by atoms with Crippen LogP contribution in [0.4, 0.5) is 4.39 Å². The SMILES string of the molecule is CC(C)(C)c1cnc(CN2CCCN(C(=O)COc3ccc(F)cc3)CC2)o1. The van der Waals surface area contributed by atoms with Gasteiger partial charge in [0.15, 0.2) is 6.61 Å².